The fraction of sp³-hybridized carbons (Fsp3) is 0.353. The highest BCUT2D eigenvalue weighted by Crippen LogP contribution is 2.27. The molecule has 0 bridgehead atoms. The molecule has 116 valence electrons. The second-order valence-corrected chi connectivity index (χ2v) is 6.51. The summed E-state index contributed by atoms with van der Waals surface area (Å²) in [7, 11) is 0. The van der Waals surface area contributed by atoms with E-state index in [1.54, 1.807) is 0 Å². The lowest BCUT2D eigenvalue weighted by molar-refractivity contribution is -0.144. The molecule has 0 saturated carbocycles. The first-order valence-electron chi connectivity index (χ1n) is 7.45. The third kappa shape index (κ3) is 3.42. The van der Waals surface area contributed by atoms with E-state index in [0.717, 1.165) is 40.9 Å². The Morgan fingerprint density at radius 3 is 2.95 bits per heavy atom. The minimum absolute atomic E-state index is 0.395. The maximum Gasteiger partial charge on any atom is 0.320 e. The van der Waals surface area contributed by atoms with Crippen LogP contribution in [0.2, 0.25) is 0 Å². The molecular weight excluding hydrogens is 346 g/mol. The summed E-state index contributed by atoms with van der Waals surface area (Å²) < 4.78 is 6.90. The van der Waals surface area contributed by atoms with Gasteiger partial charge in [-0.05, 0) is 43.7 Å². The van der Waals surface area contributed by atoms with E-state index in [1.807, 2.05) is 41.3 Å². The molecule has 1 atom stereocenters. The molecule has 1 aromatic carbocycles. The number of hydrogen-bond donors (Lipinski definition) is 1. The van der Waals surface area contributed by atoms with Crippen molar-refractivity contribution >= 4 is 21.9 Å². The van der Waals surface area contributed by atoms with Gasteiger partial charge in [0.1, 0.15) is 17.6 Å². The van der Waals surface area contributed by atoms with Crippen LogP contribution in [-0.4, -0.2) is 28.6 Å². The highest BCUT2D eigenvalue weighted by atomic mass is 79.9. The lowest BCUT2D eigenvalue weighted by Crippen LogP contribution is -2.43. The number of carbonyl (C=O) groups is 1. The Kier molecular flexibility index (Phi) is 4.64. The van der Waals surface area contributed by atoms with E-state index in [-0.39, 0.29) is 0 Å². The first-order valence-corrected chi connectivity index (χ1v) is 8.24. The molecule has 1 aromatic heterocycles. The van der Waals surface area contributed by atoms with Crippen LogP contribution in [0.25, 0.3) is 11.3 Å². The van der Waals surface area contributed by atoms with Crippen LogP contribution in [0, 0.1) is 0 Å². The number of nitrogens with zero attached hydrogens (tertiary/aromatic N) is 1. The number of hydrogen-bond acceptors (Lipinski definition) is 3. The van der Waals surface area contributed by atoms with Gasteiger partial charge in [-0.1, -0.05) is 34.5 Å². The number of rotatable bonds is 4. The zero-order valence-corrected chi connectivity index (χ0v) is 13.8. The van der Waals surface area contributed by atoms with Gasteiger partial charge in [-0.25, -0.2) is 0 Å². The van der Waals surface area contributed by atoms with Crippen molar-refractivity contribution in [3.05, 3.63) is 46.6 Å². The van der Waals surface area contributed by atoms with Crippen LogP contribution in [0.15, 0.2) is 45.3 Å². The van der Waals surface area contributed by atoms with E-state index in [2.05, 4.69) is 15.9 Å². The summed E-state index contributed by atoms with van der Waals surface area (Å²) in [6, 6.07) is 11.4. The standard InChI is InChI=1S/C17H18BrNO3/c18-13-5-3-4-12(10-13)16-8-7-14(22-16)11-19-9-2-1-6-15(19)17(20)21/h3-5,7-8,10,15H,1-2,6,9,11H2,(H,20,21). The van der Waals surface area contributed by atoms with Crippen LogP contribution in [0.3, 0.4) is 0 Å². The molecular formula is C17H18BrNO3. The molecule has 1 aliphatic heterocycles. The molecule has 0 amide bonds. The van der Waals surface area contributed by atoms with Crippen LogP contribution in [0.4, 0.5) is 0 Å². The summed E-state index contributed by atoms with van der Waals surface area (Å²) >= 11 is 3.45. The number of furan rings is 1. The number of carboxylic acids is 1. The van der Waals surface area contributed by atoms with Crippen molar-refractivity contribution in [2.75, 3.05) is 6.54 Å². The molecule has 3 rings (SSSR count). The average molecular weight is 364 g/mol. The smallest absolute Gasteiger partial charge is 0.320 e. The van der Waals surface area contributed by atoms with Gasteiger partial charge in [0.05, 0.1) is 6.54 Å². The first-order chi connectivity index (χ1) is 10.6. The zero-order chi connectivity index (χ0) is 15.5. The molecule has 4 nitrogen and oxygen atoms in total. The van der Waals surface area contributed by atoms with Gasteiger partial charge in [0.25, 0.3) is 0 Å². The van der Waals surface area contributed by atoms with Crippen molar-refractivity contribution in [2.24, 2.45) is 0 Å². The second-order valence-electron chi connectivity index (χ2n) is 5.60. The second kappa shape index (κ2) is 6.67. The Bertz CT molecular complexity index is 667. The largest absolute Gasteiger partial charge is 0.480 e. The number of piperidine rings is 1. The van der Waals surface area contributed by atoms with Crippen molar-refractivity contribution in [1.82, 2.24) is 4.90 Å². The quantitative estimate of drug-likeness (QED) is 0.886. The summed E-state index contributed by atoms with van der Waals surface area (Å²) in [6.45, 7) is 1.36. The topological polar surface area (TPSA) is 53.7 Å². The molecule has 0 spiro atoms. The third-order valence-electron chi connectivity index (χ3n) is 4.03. The Morgan fingerprint density at radius 2 is 2.18 bits per heavy atom. The van der Waals surface area contributed by atoms with E-state index in [4.69, 9.17) is 4.42 Å². The van der Waals surface area contributed by atoms with Gasteiger partial charge in [0.15, 0.2) is 0 Å². The fourth-order valence-corrected chi connectivity index (χ4v) is 3.32. The van der Waals surface area contributed by atoms with E-state index >= 15 is 0 Å². The number of halogens is 1. The van der Waals surface area contributed by atoms with Gasteiger partial charge in [-0.15, -0.1) is 0 Å². The zero-order valence-electron chi connectivity index (χ0n) is 12.2. The van der Waals surface area contributed by atoms with E-state index < -0.39 is 12.0 Å². The summed E-state index contributed by atoms with van der Waals surface area (Å²) in [5.74, 6) is 0.877. The predicted octanol–water partition coefficient (Wildman–Crippen LogP) is 4.15. The van der Waals surface area contributed by atoms with Gasteiger partial charge >= 0.3 is 5.97 Å². The Labute approximate surface area is 137 Å². The molecule has 0 aliphatic carbocycles. The molecule has 1 unspecified atom stereocenters. The van der Waals surface area contributed by atoms with Crippen molar-refractivity contribution < 1.29 is 14.3 Å². The average Bonchev–Trinajstić information content (AvgIpc) is 2.96. The number of likely N-dealkylation sites (tertiary alicyclic amines) is 1. The normalized spacial score (nSPS) is 19.2. The van der Waals surface area contributed by atoms with Crippen molar-refractivity contribution in [1.29, 1.82) is 0 Å². The molecule has 1 fully saturated rings. The summed E-state index contributed by atoms with van der Waals surface area (Å²) in [5.41, 5.74) is 1.01. The predicted molar refractivity (Wildman–Crippen MR) is 87.5 cm³/mol. The number of carboxylic acid groups (broad SMARTS) is 1. The Hall–Kier alpha value is -1.59. The van der Waals surface area contributed by atoms with Crippen LogP contribution >= 0.6 is 15.9 Å². The maximum absolute atomic E-state index is 11.3. The van der Waals surface area contributed by atoms with Crippen molar-refractivity contribution in [3.8, 4) is 11.3 Å². The van der Waals surface area contributed by atoms with Crippen LogP contribution in [0.5, 0.6) is 0 Å². The molecule has 2 heterocycles. The molecule has 1 aliphatic rings. The third-order valence-corrected chi connectivity index (χ3v) is 4.52. The van der Waals surface area contributed by atoms with Crippen LogP contribution in [-0.2, 0) is 11.3 Å². The monoisotopic (exact) mass is 363 g/mol. The van der Waals surface area contributed by atoms with Gasteiger partial charge < -0.3 is 9.52 Å². The highest BCUT2D eigenvalue weighted by Gasteiger charge is 2.28. The SMILES string of the molecule is O=C(O)C1CCCCN1Cc1ccc(-c2cccc(Br)c2)o1. The lowest BCUT2D eigenvalue weighted by atomic mass is 10.0. The molecule has 1 saturated heterocycles. The van der Waals surface area contributed by atoms with Gasteiger partial charge in [0, 0.05) is 10.0 Å². The summed E-state index contributed by atoms with van der Waals surface area (Å²) in [6.07, 6.45) is 2.74. The lowest BCUT2D eigenvalue weighted by Gasteiger charge is -2.31. The molecule has 0 radical (unpaired) electrons. The van der Waals surface area contributed by atoms with Crippen molar-refractivity contribution in [2.45, 2.75) is 31.8 Å². The van der Waals surface area contributed by atoms with Crippen LogP contribution < -0.4 is 0 Å². The van der Waals surface area contributed by atoms with E-state index in [0.29, 0.717) is 13.0 Å². The molecule has 1 N–H and O–H groups in total. The highest BCUT2D eigenvalue weighted by molar-refractivity contribution is 9.10. The summed E-state index contributed by atoms with van der Waals surface area (Å²) in [5, 5.41) is 9.32. The number of benzene rings is 1. The van der Waals surface area contributed by atoms with Gasteiger partial charge in [-0.2, -0.15) is 0 Å². The minimum atomic E-state index is -0.738. The first kappa shape index (κ1) is 15.3. The Morgan fingerprint density at radius 1 is 1.32 bits per heavy atom. The maximum atomic E-state index is 11.3. The van der Waals surface area contributed by atoms with Gasteiger partial charge in [-0.3, -0.25) is 9.69 Å². The molecule has 2 aromatic rings. The van der Waals surface area contributed by atoms with Crippen molar-refractivity contribution in [3.63, 3.8) is 0 Å². The van der Waals surface area contributed by atoms with Gasteiger partial charge in [0.2, 0.25) is 0 Å². The Balaban J connectivity index is 1.75. The molecule has 22 heavy (non-hydrogen) atoms. The molecule has 5 heteroatoms. The van der Waals surface area contributed by atoms with E-state index in [1.165, 1.54) is 0 Å². The number of aliphatic carboxylic acids is 1. The van der Waals surface area contributed by atoms with Crippen LogP contribution in [0.1, 0.15) is 25.0 Å². The minimum Gasteiger partial charge on any atom is -0.480 e. The summed E-state index contributed by atoms with van der Waals surface area (Å²) in [4.78, 5) is 13.3. The fourth-order valence-electron chi connectivity index (χ4n) is 2.92. The van der Waals surface area contributed by atoms with E-state index in [9.17, 15) is 9.90 Å².